The first kappa shape index (κ1) is 20.0. The van der Waals surface area contributed by atoms with Crippen molar-refractivity contribution in [1.29, 1.82) is 0 Å². The van der Waals surface area contributed by atoms with E-state index in [0.717, 1.165) is 35.0 Å². The molecule has 1 amide bonds. The molecule has 2 aliphatic heterocycles. The maximum atomic E-state index is 14.5. The van der Waals surface area contributed by atoms with Crippen molar-refractivity contribution in [1.82, 2.24) is 0 Å². The molecule has 0 saturated carbocycles. The summed E-state index contributed by atoms with van der Waals surface area (Å²) in [6.45, 7) is 1.92. The average molecular weight is 437 g/mol. The maximum absolute atomic E-state index is 14.5. The van der Waals surface area contributed by atoms with Gasteiger partial charge in [0.2, 0.25) is 0 Å². The van der Waals surface area contributed by atoms with Gasteiger partial charge < -0.3 is 4.90 Å². The number of amides is 1. The molecule has 152 valence electrons. The summed E-state index contributed by atoms with van der Waals surface area (Å²) < 4.78 is 52.0. The fraction of sp³-hybridized carbons (Fsp3) is 0.300. The van der Waals surface area contributed by atoms with Crippen LogP contribution in [0.25, 0.3) is 0 Å². The number of fused-ring (bicyclic) bond motifs is 1. The molecule has 2 heterocycles. The first-order chi connectivity index (χ1) is 13.7. The molecule has 2 fully saturated rings. The monoisotopic (exact) mass is 436 g/mol. The van der Waals surface area contributed by atoms with Crippen LogP contribution in [0.2, 0.25) is 0 Å². The number of halogens is 2. The Kier molecular flexibility index (Phi) is 5.20. The van der Waals surface area contributed by atoms with Crippen molar-refractivity contribution < 1.29 is 22.0 Å². The molecule has 2 aromatic carbocycles. The smallest absolute Gasteiger partial charge is 0.252 e. The normalized spacial score (nSPS) is 24.1. The van der Waals surface area contributed by atoms with Gasteiger partial charge >= 0.3 is 0 Å². The Hall–Kier alpha value is -2.26. The van der Waals surface area contributed by atoms with E-state index in [4.69, 9.17) is 0 Å². The van der Waals surface area contributed by atoms with Crippen LogP contribution in [0.15, 0.2) is 47.5 Å². The zero-order valence-electron chi connectivity index (χ0n) is 15.5. The van der Waals surface area contributed by atoms with Gasteiger partial charge in [-0.2, -0.15) is 4.99 Å². The van der Waals surface area contributed by atoms with Gasteiger partial charge in [-0.3, -0.25) is 4.79 Å². The molecule has 0 bridgehead atoms. The number of aryl methyl sites for hydroxylation is 1. The van der Waals surface area contributed by atoms with Gasteiger partial charge in [0, 0.05) is 11.3 Å². The molecular weight excluding hydrogens is 418 g/mol. The third-order valence-electron chi connectivity index (χ3n) is 4.89. The second kappa shape index (κ2) is 7.53. The number of anilines is 1. The van der Waals surface area contributed by atoms with Gasteiger partial charge in [-0.1, -0.05) is 41.6 Å². The molecule has 2 aromatic rings. The Bertz CT molecular complexity index is 1120. The van der Waals surface area contributed by atoms with Crippen LogP contribution >= 0.6 is 11.8 Å². The summed E-state index contributed by atoms with van der Waals surface area (Å²) in [7, 11) is -3.27. The summed E-state index contributed by atoms with van der Waals surface area (Å²) in [5, 5.41) is -0.104. The van der Waals surface area contributed by atoms with E-state index in [1.165, 1.54) is 11.0 Å². The lowest BCUT2D eigenvalue weighted by molar-refractivity contribution is -0.117. The van der Waals surface area contributed by atoms with Crippen molar-refractivity contribution >= 4 is 38.4 Å². The van der Waals surface area contributed by atoms with Crippen molar-refractivity contribution in [3.05, 3.63) is 65.2 Å². The topological polar surface area (TPSA) is 66.8 Å². The Balaban J connectivity index is 1.67. The number of hydrogen-bond acceptors (Lipinski definition) is 4. The largest absolute Gasteiger partial charge is 0.313 e. The molecule has 0 spiro atoms. The van der Waals surface area contributed by atoms with E-state index in [9.17, 15) is 22.0 Å². The van der Waals surface area contributed by atoms with Crippen LogP contribution in [0.5, 0.6) is 0 Å². The van der Waals surface area contributed by atoms with Crippen LogP contribution in [-0.2, 0) is 21.1 Å². The lowest BCUT2D eigenvalue weighted by atomic mass is 10.1. The Morgan fingerprint density at radius 1 is 1.21 bits per heavy atom. The van der Waals surface area contributed by atoms with Crippen molar-refractivity contribution in [3.8, 4) is 0 Å². The van der Waals surface area contributed by atoms with E-state index in [1.54, 1.807) is 0 Å². The highest BCUT2D eigenvalue weighted by molar-refractivity contribution is 8.16. The third-order valence-corrected chi connectivity index (χ3v) is 8.10. The molecule has 9 heteroatoms. The van der Waals surface area contributed by atoms with Crippen LogP contribution in [0, 0.1) is 18.6 Å². The standard InChI is InChI=1S/C20H18F2N2O3S2/c1-12-3-2-4-13(7-12)8-19(25)23-20-24(16-6-5-14(21)9-15(16)22)17-10-29(26,27)11-18(17)28-20/h2-7,9,17-18H,8,10-11H2,1H3/t17-,18+/m1/s1. The third kappa shape index (κ3) is 4.20. The molecule has 2 aliphatic rings. The summed E-state index contributed by atoms with van der Waals surface area (Å²) in [5.74, 6) is -2.19. The van der Waals surface area contributed by atoms with Crippen molar-refractivity contribution in [2.45, 2.75) is 24.6 Å². The Labute approximate surface area is 171 Å². The lowest BCUT2D eigenvalue weighted by Gasteiger charge is -2.24. The SMILES string of the molecule is Cc1cccc(CC(=O)N=C2S[C@H]3CS(=O)(=O)C[C@H]3N2c2ccc(F)cc2F)c1. The predicted molar refractivity (Wildman–Crippen MR) is 110 cm³/mol. The summed E-state index contributed by atoms with van der Waals surface area (Å²) in [4.78, 5) is 18.1. The van der Waals surface area contributed by atoms with Gasteiger partial charge in [-0.15, -0.1) is 0 Å². The number of benzene rings is 2. The van der Waals surface area contributed by atoms with E-state index in [1.807, 2.05) is 31.2 Å². The lowest BCUT2D eigenvalue weighted by Crippen LogP contribution is -2.38. The molecule has 0 aliphatic carbocycles. The first-order valence-electron chi connectivity index (χ1n) is 9.00. The molecule has 2 atom stereocenters. The summed E-state index contributed by atoms with van der Waals surface area (Å²) in [6, 6.07) is 10.0. The van der Waals surface area contributed by atoms with Gasteiger partial charge in [0.1, 0.15) is 11.6 Å². The molecule has 4 rings (SSSR count). The van der Waals surface area contributed by atoms with Crippen molar-refractivity contribution in [3.63, 3.8) is 0 Å². The first-order valence-corrected chi connectivity index (χ1v) is 11.7. The van der Waals surface area contributed by atoms with Gasteiger partial charge in [0.05, 0.1) is 29.7 Å². The highest BCUT2D eigenvalue weighted by atomic mass is 32.2. The summed E-state index contributed by atoms with van der Waals surface area (Å²) in [6.07, 6.45) is 0.0825. The number of hydrogen-bond donors (Lipinski definition) is 0. The fourth-order valence-corrected chi connectivity index (χ4v) is 7.59. The molecule has 0 N–H and O–H groups in total. The van der Waals surface area contributed by atoms with Gasteiger partial charge in [0.15, 0.2) is 15.0 Å². The number of rotatable bonds is 3. The van der Waals surface area contributed by atoms with Crippen LogP contribution in [0.3, 0.4) is 0 Å². The Morgan fingerprint density at radius 3 is 2.72 bits per heavy atom. The van der Waals surface area contributed by atoms with Crippen LogP contribution < -0.4 is 4.90 Å². The second-order valence-corrected chi connectivity index (χ2v) is 10.6. The second-order valence-electron chi connectivity index (χ2n) is 7.22. The quantitative estimate of drug-likeness (QED) is 0.740. The molecule has 2 saturated heterocycles. The van der Waals surface area contributed by atoms with Crippen molar-refractivity contribution in [2.24, 2.45) is 4.99 Å². The maximum Gasteiger partial charge on any atom is 0.252 e. The minimum absolute atomic E-state index is 0.0191. The highest BCUT2D eigenvalue weighted by Crippen LogP contribution is 2.41. The molecule has 0 radical (unpaired) electrons. The van der Waals surface area contributed by atoms with E-state index in [-0.39, 0.29) is 34.0 Å². The number of aliphatic imine (C=N–C) groups is 1. The molecule has 5 nitrogen and oxygen atoms in total. The molecule has 0 unspecified atom stereocenters. The minimum Gasteiger partial charge on any atom is -0.313 e. The van der Waals surface area contributed by atoms with Gasteiger partial charge in [-0.05, 0) is 24.6 Å². The fourth-order valence-electron chi connectivity index (χ4n) is 3.67. The predicted octanol–water partition coefficient (Wildman–Crippen LogP) is 3.12. The van der Waals surface area contributed by atoms with E-state index >= 15 is 0 Å². The molecular formula is C20H18F2N2O3S2. The summed E-state index contributed by atoms with van der Waals surface area (Å²) >= 11 is 1.16. The number of nitrogens with zero attached hydrogens (tertiary/aromatic N) is 2. The number of carbonyl (C=O) groups is 1. The molecule has 0 aromatic heterocycles. The minimum atomic E-state index is -3.27. The highest BCUT2D eigenvalue weighted by Gasteiger charge is 2.50. The number of amidine groups is 1. The number of thioether (sulfide) groups is 1. The van der Waals surface area contributed by atoms with Crippen LogP contribution in [0.4, 0.5) is 14.5 Å². The number of carbonyl (C=O) groups excluding carboxylic acids is 1. The van der Waals surface area contributed by atoms with E-state index in [2.05, 4.69) is 4.99 Å². The van der Waals surface area contributed by atoms with Crippen LogP contribution in [-0.4, -0.2) is 42.3 Å². The van der Waals surface area contributed by atoms with Gasteiger partial charge in [-0.25, -0.2) is 17.2 Å². The van der Waals surface area contributed by atoms with Crippen LogP contribution in [0.1, 0.15) is 11.1 Å². The summed E-state index contributed by atoms with van der Waals surface area (Å²) in [5.41, 5.74) is 1.85. The number of sulfone groups is 1. The Morgan fingerprint density at radius 2 is 2.00 bits per heavy atom. The van der Waals surface area contributed by atoms with E-state index in [0.29, 0.717) is 0 Å². The zero-order valence-corrected chi connectivity index (χ0v) is 17.1. The molecule has 29 heavy (non-hydrogen) atoms. The van der Waals surface area contributed by atoms with Crippen molar-refractivity contribution in [2.75, 3.05) is 16.4 Å². The van der Waals surface area contributed by atoms with Gasteiger partial charge in [0.25, 0.3) is 5.91 Å². The average Bonchev–Trinajstić information content (AvgIpc) is 3.06. The zero-order chi connectivity index (χ0) is 20.8. The van der Waals surface area contributed by atoms with E-state index < -0.39 is 33.4 Å².